The fourth-order valence-corrected chi connectivity index (χ4v) is 1.74. The summed E-state index contributed by atoms with van der Waals surface area (Å²) in [6.07, 6.45) is 0.831. The van der Waals surface area contributed by atoms with Crippen molar-refractivity contribution in [1.29, 1.82) is 0 Å². The van der Waals surface area contributed by atoms with Crippen LogP contribution in [0.5, 0.6) is 0 Å². The second-order valence-electron chi connectivity index (χ2n) is 3.88. The fraction of sp³-hybridized carbons (Fsp3) is 0.462. The average molecular weight is 237 g/mol. The molecular weight excluding hydrogens is 218 g/mol. The first-order valence-electron chi connectivity index (χ1n) is 5.71. The zero-order valence-electron chi connectivity index (χ0n) is 10.2. The Labute approximate surface area is 102 Å². The largest absolute Gasteiger partial charge is 0.480 e. The van der Waals surface area contributed by atoms with Gasteiger partial charge < -0.3 is 9.84 Å². The van der Waals surface area contributed by atoms with Gasteiger partial charge >= 0.3 is 5.97 Å². The van der Waals surface area contributed by atoms with Gasteiger partial charge in [0, 0.05) is 13.2 Å². The van der Waals surface area contributed by atoms with Crippen molar-refractivity contribution >= 4 is 5.97 Å². The maximum absolute atomic E-state index is 11.0. The number of carbonyl (C=O) groups is 1. The minimum absolute atomic E-state index is 0.0347. The first kappa shape index (κ1) is 13.7. The van der Waals surface area contributed by atoms with Crippen molar-refractivity contribution in [3.05, 3.63) is 35.9 Å². The SMILES string of the molecule is CCC(NC(COC)C(=O)O)c1ccccc1. The fourth-order valence-electron chi connectivity index (χ4n) is 1.74. The maximum Gasteiger partial charge on any atom is 0.323 e. The third-order valence-corrected chi connectivity index (χ3v) is 2.64. The smallest absolute Gasteiger partial charge is 0.323 e. The lowest BCUT2D eigenvalue weighted by Gasteiger charge is -2.22. The number of carboxylic acids is 1. The van der Waals surface area contributed by atoms with Gasteiger partial charge in [0.1, 0.15) is 6.04 Å². The Balaban J connectivity index is 2.71. The lowest BCUT2D eigenvalue weighted by Crippen LogP contribution is -2.42. The summed E-state index contributed by atoms with van der Waals surface area (Å²) >= 11 is 0. The Hall–Kier alpha value is -1.39. The zero-order valence-corrected chi connectivity index (χ0v) is 10.2. The molecule has 17 heavy (non-hydrogen) atoms. The van der Waals surface area contributed by atoms with Gasteiger partial charge in [0.25, 0.3) is 0 Å². The summed E-state index contributed by atoms with van der Waals surface area (Å²) in [5.41, 5.74) is 1.09. The molecule has 4 heteroatoms. The summed E-state index contributed by atoms with van der Waals surface area (Å²) in [6, 6.07) is 9.19. The first-order valence-corrected chi connectivity index (χ1v) is 5.71. The van der Waals surface area contributed by atoms with Crippen LogP contribution in [-0.2, 0) is 9.53 Å². The molecule has 0 fully saturated rings. The lowest BCUT2D eigenvalue weighted by atomic mass is 10.0. The van der Waals surface area contributed by atoms with Crippen LogP contribution in [0.1, 0.15) is 24.9 Å². The number of benzene rings is 1. The highest BCUT2D eigenvalue weighted by atomic mass is 16.5. The van der Waals surface area contributed by atoms with Crippen molar-refractivity contribution in [2.75, 3.05) is 13.7 Å². The summed E-state index contributed by atoms with van der Waals surface area (Å²) in [6.45, 7) is 2.19. The molecule has 4 nitrogen and oxygen atoms in total. The van der Waals surface area contributed by atoms with Crippen LogP contribution >= 0.6 is 0 Å². The molecule has 1 aromatic carbocycles. The van der Waals surface area contributed by atoms with Crippen molar-refractivity contribution in [3.8, 4) is 0 Å². The van der Waals surface area contributed by atoms with Crippen LogP contribution in [0.4, 0.5) is 0 Å². The predicted molar refractivity (Wildman–Crippen MR) is 65.9 cm³/mol. The normalized spacial score (nSPS) is 14.2. The van der Waals surface area contributed by atoms with E-state index in [1.807, 2.05) is 37.3 Å². The van der Waals surface area contributed by atoms with E-state index in [2.05, 4.69) is 5.32 Å². The molecule has 0 aromatic heterocycles. The average Bonchev–Trinajstić information content (AvgIpc) is 2.35. The Morgan fingerprint density at radius 1 is 1.41 bits per heavy atom. The van der Waals surface area contributed by atoms with E-state index in [1.54, 1.807) is 0 Å². The number of methoxy groups -OCH3 is 1. The monoisotopic (exact) mass is 237 g/mol. The number of aliphatic carboxylic acids is 1. The highest BCUT2D eigenvalue weighted by molar-refractivity contribution is 5.73. The van der Waals surface area contributed by atoms with Gasteiger partial charge in [-0.1, -0.05) is 37.3 Å². The van der Waals surface area contributed by atoms with Crippen molar-refractivity contribution in [3.63, 3.8) is 0 Å². The molecular formula is C13H19NO3. The third-order valence-electron chi connectivity index (χ3n) is 2.64. The molecule has 94 valence electrons. The van der Waals surface area contributed by atoms with Crippen LogP contribution in [-0.4, -0.2) is 30.8 Å². The highest BCUT2D eigenvalue weighted by Gasteiger charge is 2.21. The summed E-state index contributed by atoms with van der Waals surface area (Å²) in [5.74, 6) is -0.888. The standard InChI is InChI=1S/C13H19NO3/c1-3-11(10-7-5-4-6-8-10)14-12(9-17-2)13(15)16/h4-8,11-12,14H,3,9H2,1-2H3,(H,15,16). The molecule has 0 spiro atoms. The summed E-state index contributed by atoms with van der Waals surface area (Å²) in [5, 5.41) is 12.1. The van der Waals surface area contributed by atoms with Crippen molar-refractivity contribution in [2.24, 2.45) is 0 Å². The molecule has 0 saturated heterocycles. The number of hydrogen-bond donors (Lipinski definition) is 2. The van der Waals surface area contributed by atoms with E-state index >= 15 is 0 Å². The third kappa shape index (κ3) is 4.17. The van der Waals surface area contributed by atoms with Crippen LogP contribution < -0.4 is 5.32 Å². The molecule has 0 aliphatic rings. The maximum atomic E-state index is 11.0. The number of ether oxygens (including phenoxy) is 1. The van der Waals surface area contributed by atoms with Crippen molar-refractivity contribution in [1.82, 2.24) is 5.32 Å². The number of hydrogen-bond acceptors (Lipinski definition) is 3. The molecule has 0 saturated carbocycles. The van der Waals surface area contributed by atoms with Crippen molar-refractivity contribution in [2.45, 2.75) is 25.4 Å². The van der Waals surface area contributed by atoms with Crippen molar-refractivity contribution < 1.29 is 14.6 Å². The van der Waals surface area contributed by atoms with Gasteiger partial charge in [0.2, 0.25) is 0 Å². The van der Waals surface area contributed by atoms with E-state index in [0.29, 0.717) is 0 Å². The molecule has 0 radical (unpaired) electrons. The molecule has 0 aliphatic heterocycles. The second kappa shape index (κ2) is 7.04. The van der Waals surface area contributed by atoms with Gasteiger partial charge in [0.15, 0.2) is 0 Å². The summed E-state index contributed by atoms with van der Waals surface area (Å²) in [7, 11) is 1.50. The molecule has 0 heterocycles. The zero-order chi connectivity index (χ0) is 12.7. The Kier molecular flexibility index (Phi) is 5.66. The Morgan fingerprint density at radius 3 is 2.53 bits per heavy atom. The van der Waals surface area contributed by atoms with Gasteiger partial charge in [0.05, 0.1) is 6.61 Å². The lowest BCUT2D eigenvalue weighted by molar-refractivity contribution is -0.141. The Morgan fingerprint density at radius 2 is 2.06 bits per heavy atom. The van der Waals surface area contributed by atoms with E-state index in [9.17, 15) is 4.79 Å². The molecule has 0 amide bonds. The van der Waals surface area contributed by atoms with Gasteiger partial charge in [-0.2, -0.15) is 0 Å². The van der Waals surface area contributed by atoms with E-state index in [-0.39, 0.29) is 12.6 Å². The van der Waals surface area contributed by atoms with E-state index < -0.39 is 12.0 Å². The second-order valence-corrected chi connectivity index (χ2v) is 3.88. The predicted octanol–water partition coefficient (Wildman–Crippen LogP) is 1.83. The highest BCUT2D eigenvalue weighted by Crippen LogP contribution is 2.16. The minimum atomic E-state index is -0.888. The topological polar surface area (TPSA) is 58.6 Å². The quantitative estimate of drug-likeness (QED) is 0.759. The number of carboxylic acid groups (broad SMARTS) is 1. The number of nitrogens with one attached hydrogen (secondary N) is 1. The van der Waals surface area contributed by atoms with Gasteiger partial charge in [-0.15, -0.1) is 0 Å². The van der Waals surface area contributed by atoms with Crippen LogP contribution in [0.25, 0.3) is 0 Å². The van der Waals surface area contributed by atoms with Crippen LogP contribution in [0.2, 0.25) is 0 Å². The van der Waals surface area contributed by atoms with Gasteiger partial charge in [-0.25, -0.2) is 0 Å². The van der Waals surface area contributed by atoms with Gasteiger partial charge in [-0.3, -0.25) is 10.1 Å². The van der Waals surface area contributed by atoms with Crippen LogP contribution in [0.3, 0.4) is 0 Å². The van der Waals surface area contributed by atoms with Gasteiger partial charge in [-0.05, 0) is 12.0 Å². The molecule has 0 aliphatic carbocycles. The summed E-state index contributed by atoms with van der Waals surface area (Å²) < 4.78 is 4.90. The molecule has 2 N–H and O–H groups in total. The molecule has 0 bridgehead atoms. The molecule has 1 rings (SSSR count). The van der Waals surface area contributed by atoms with E-state index in [4.69, 9.17) is 9.84 Å². The molecule has 1 aromatic rings. The van der Waals surface area contributed by atoms with Crippen LogP contribution in [0, 0.1) is 0 Å². The van der Waals surface area contributed by atoms with E-state index in [0.717, 1.165) is 12.0 Å². The number of rotatable bonds is 7. The first-order chi connectivity index (χ1) is 8.19. The van der Waals surface area contributed by atoms with Crippen LogP contribution in [0.15, 0.2) is 30.3 Å². The molecule has 2 unspecified atom stereocenters. The minimum Gasteiger partial charge on any atom is -0.480 e. The van der Waals surface area contributed by atoms with E-state index in [1.165, 1.54) is 7.11 Å². The summed E-state index contributed by atoms with van der Waals surface area (Å²) in [4.78, 5) is 11.0. The Bertz CT molecular complexity index is 340. The molecule has 2 atom stereocenters.